The molecule has 0 bridgehead atoms. The number of hydrogen-bond acceptors (Lipinski definition) is 8. The molecule has 2 aliphatic rings. The van der Waals surface area contributed by atoms with E-state index in [-0.39, 0.29) is 12.1 Å². The molecule has 1 aliphatic carbocycles. The van der Waals surface area contributed by atoms with E-state index in [9.17, 15) is 5.11 Å². The number of allylic oxidation sites excluding steroid dienone is 4. The molecule has 1 aromatic carbocycles. The fraction of sp³-hybridized carbons (Fsp3) is 0.464. The Kier molecular flexibility index (Phi) is 9.34. The van der Waals surface area contributed by atoms with Crippen LogP contribution in [0.15, 0.2) is 55.1 Å². The van der Waals surface area contributed by atoms with Gasteiger partial charge in [-0.2, -0.15) is 0 Å². The third-order valence-corrected chi connectivity index (χ3v) is 7.68. The summed E-state index contributed by atoms with van der Waals surface area (Å²) in [7, 11) is 1.85. The van der Waals surface area contributed by atoms with Crippen LogP contribution in [0.2, 0.25) is 0 Å². The topological polar surface area (TPSA) is 81.7 Å². The molecule has 1 aromatic heterocycles. The van der Waals surface area contributed by atoms with Crippen LogP contribution in [0.4, 0.5) is 0 Å². The summed E-state index contributed by atoms with van der Waals surface area (Å²) in [6, 6.07) is 6.81. The Hall–Kier alpha value is -2.49. The molecule has 2 aromatic rings. The van der Waals surface area contributed by atoms with Gasteiger partial charge in [-0.25, -0.2) is 4.98 Å². The number of aliphatic hydroxyl groups is 1. The summed E-state index contributed by atoms with van der Waals surface area (Å²) in [6.07, 6.45) is 9.36. The van der Waals surface area contributed by atoms with E-state index < -0.39 is 6.23 Å². The normalized spacial score (nSPS) is 19.9. The van der Waals surface area contributed by atoms with Gasteiger partial charge in [-0.15, -0.1) is 11.3 Å². The van der Waals surface area contributed by atoms with Gasteiger partial charge in [-0.05, 0) is 43.4 Å². The molecule has 0 amide bonds. The van der Waals surface area contributed by atoms with Crippen LogP contribution in [0.3, 0.4) is 0 Å². The summed E-state index contributed by atoms with van der Waals surface area (Å²) in [6.45, 7) is 12.1. The molecule has 194 valence electrons. The highest BCUT2D eigenvalue weighted by Crippen LogP contribution is 2.40. The minimum Gasteiger partial charge on any atom is -0.476 e. The monoisotopic (exact) mass is 509 g/mol. The van der Waals surface area contributed by atoms with Crippen molar-refractivity contribution in [3.05, 3.63) is 71.2 Å². The molecule has 1 fully saturated rings. The Morgan fingerprint density at radius 1 is 1.36 bits per heavy atom. The Morgan fingerprint density at radius 3 is 2.89 bits per heavy atom. The second-order valence-corrected chi connectivity index (χ2v) is 10.5. The summed E-state index contributed by atoms with van der Waals surface area (Å²) in [4.78, 5) is 8.05. The molecule has 1 aliphatic heterocycles. The lowest BCUT2D eigenvalue weighted by atomic mass is 10.0. The molecule has 1 unspecified atom stereocenters. The zero-order chi connectivity index (χ0) is 25.5. The van der Waals surface area contributed by atoms with E-state index in [1.54, 1.807) is 17.4 Å². The number of nitrogens with one attached hydrogen (secondary N) is 3. The molecule has 2 atom stereocenters. The van der Waals surface area contributed by atoms with Gasteiger partial charge in [0.2, 0.25) is 0 Å². The Labute approximate surface area is 219 Å². The van der Waals surface area contributed by atoms with Gasteiger partial charge >= 0.3 is 0 Å². The highest BCUT2D eigenvalue weighted by molar-refractivity contribution is 7.16. The van der Waals surface area contributed by atoms with E-state index in [1.165, 1.54) is 16.7 Å². The van der Waals surface area contributed by atoms with E-state index in [2.05, 4.69) is 45.6 Å². The minimum atomic E-state index is -0.450. The Bertz CT molecular complexity index is 1090. The number of hydrogen-bond donors (Lipinski definition) is 4. The van der Waals surface area contributed by atoms with Crippen molar-refractivity contribution < 1.29 is 9.84 Å². The Balaban J connectivity index is 1.50. The predicted molar refractivity (Wildman–Crippen MR) is 149 cm³/mol. The van der Waals surface area contributed by atoms with Crippen molar-refractivity contribution in [2.24, 2.45) is 0 Å². The number of rotatable bonds is 11. The molecule has 4 N–H and O–H groups in total. The van der Waals surface area contributed by atoms with Gasteiger partial charge in [0, 0.05) is 63.7 Å². The molecule has 8 heteroatoms. The van der Waals surface area contributed by atoms with Crippen molar-refractivity contribution in [1.82, 2.24) is 25.8 Å². The summed E-state index contributed by atoms with van der Waals surface area (Å²) in [5.74, 6) is 0.701. The number of thiazole rings is 1. The van der Waals surface area contributed by atoms with Crippen LogP contribution in [0.1, 0.15) is 42.4 Å². The maximum Gasteiger partial charge on any atom is 0.187 e. The van der Waals surface area contributed by atoms with E-state index >= 15 is 0 Å². The van der Waals surface area contributed by atoms with E-state index in [0.29, 0.717) is 12.4 Å². The number of piperazine rings is 1. The molecule has 7 nitrogen and oxygen atoms in total. The summed E-state index contributed by atoms with van der Waals surface area (Å²) < 4.78 is 5.86. The van der Waals surface area contributed by atoms with Crippen molar-refractivity contribution in [3.8, 4) is 10.4 Å². The van der Waals surface area contributed by atoms with Crippen molar-refractivity contribution in [3.63, 3.8) is 0 Å². The lowest BCUT2D eigenvalue weighted by Crippen LogP contribution is -2.51. The molecule has 2 heterocycles. The van der Waals surface area contributed by atoms with Gasteiger partial charge in [0.15, 0.2) is 5.88 Å². The molecular weight excluding hydrogens is 470 g/mol. The summed E-state index contributed by atoms with van der Waals surface area (Å²) in [5, 5.41) is 21.6. The second kappa shape index (κ2) is 12.7. The number of benzene rings is 1. The zero-order valence-corrected chi connectivity index (χ0v) is 22.4. The van der Waals surface area contributed by atoms with Crippen molar-refractivity contribution >= 4 is 16.9 Å². The van der Waals surface area contributed by atoms with Crippen LogP contribution in [-0.2, 0) is 11.2 Å². The number of fused-ring (bicyclic) bond motifs is 1. The van der Waals surface area contributed by atoms with Crippen LogP contribution in [0.25, 0.3) is 16.0 Å². The average molecular weight is 510 g/mol. The largest absolute Gasteiger partial charge is 0.476 e. The first-order chi connectivity index (χ1) is 17.5. The van der Waals surface area contributed by atoms with E-state index in [0.717, 1.165) is 54.5 Å². The van der Waals surface area contributed by atoms with E-state index in [1.807, 2.05) is 39.2 Å². The minimum absolute atomic E-state index is 0.0759. The number of nitrogens with zero attached hydrogens (tertiary/aromatic N) is 2. The zero-order valence-electron chi connectivity index (χ0n) is 21.6. The van der Waals surface area contributed by atoms with Gasteiger partial charge in [0.25, 0.3) is 0 Å². The number of aliphatic hydroxyl groups excluding tert-OH is 1. The lowest BCUT2D eigenvalue weighted by Gasteiger charge is -2.32. The summed E-state index contributed by atoms with van der Waals surface area (Å²) >= 11 is 1.68. The standard InChI is InChI=1S/C28H39N5O2S/c1-5-7-20(16-26(29-4)35-19(2)3)28-32-17-25(36-28)23-9-6-8-22-21(23)10-11-24(22)31-18-27(34)33-14-12-30-13-15-33/h5-9,16-17,19,24,27,29-31,34H,1,10-15,18H2,2-4H3/b20-7+,26-16-/t24-,27?/m0/s1. The molecule has 0 radical (unpaired) electrons. The fourth-order valence-corrected chi connectivity index (χ4v) is 5.82. The van der Waals surface area contributed by atoms with Gasteiger partial charge in [0.05, 0.1) is 11.0 Å². The number of aromatic nitrogens is 1. The van der Waals surface area contributed by atoms with Gasteiger partial charge in [0.1, 0.15) is 11.2 Å². The lowest BCUT2D eigenvalue weighted by molar-refractivity contribution is -0.00399. The Morgan fingerprint density at radius 2 is 2.17 bits per heavy atom. The van der Waals surface area contributed by atoms with Gasteiger partial charge < -0.3 is 25.8 Å². The quantitative estimate of drug-likeness (QED) is 0.272. The van der Waals surface area contributed by atoms with E-state index in [4.69, 9.17) is 9.72 Å². The predicted octanol–water partition coefficient (Wildman–Crippen LogP) is 3.67. The van der Waals surface area contributed by atoms with Crippen LogP contribution in [0, 0.1) is 0 Å². The van der Waals surface area contributed by atoms with Crippen LogP contribution in [-0.4, -0.2) is 67.1 Å². The highest BCUT2D eigenvalue weighted by Gasteiger charge is 2.27. The maximum atomic E-state index is 10.6. The SMILES string of the molecule is C=C/C=C(\C=C(\NC)OC(C)C)c1ncc(-c2cccc3c2CC[C@@H]3NCC(O)N2CCNCC2)s1. The number of ether oxygens (including phenoxy) is 1. The third kappa shape index (κ3) is 6.44. The summed E-state index contributed by atoms with van der Waals surface area (Å²) in [5.41, 5.74) is 4.92. The molecule has 1 saturated heterocycles. The van der Waals surface area contributed by atoms with Crippen LogP contribution < -0.4 is 16.0 Å². The molecule has 36 heavy (non-hydrogen) atoms. The van der Waals surface area contributed by atoms with Gasteiger partial charge in [-0.1, -0.05) is 36.9 Å². The molecular formula is C28H39N5O2S. The van der Waals surface area contributed by atoms with Crippen LogP contribution >= 0.6 is 11.3 Å². The van der Waals surface area contributed by atoms with Crippen molar-refractivity contribution in [2.75, 3.05) is 39.8 Å². The second-order valence-electron chi connectivity index (χ2n) is 9.45. The van der Waals surface area contributed by atoms with Crippen molar-refractivity contribution in [1.29, 1.82) is 0 Å². The first-order valence-electron chi connectivity index (χ1n) is 12.8. The molecule has 0 spiro atoms. The first-order valence-corrected chi connectivity index (χ1v) is 13.6. The molecule has 4 rings (SSSR count). The fourth-order valence-electron chi connectivity index (χ4n) is 4.85. The third-order valence-electron chi connectivity index (χ3n) is 6.60. The van der Waals surface area contributed by atoms with Crippen molar-refractivity contribution in [2.45, 2.75) is 45.1 Å². The maximum absolute atomic E-state index is 10.6. The van der Waals surface area contributed by atoms with Gasteiger partial charge in [-0.3, -0.25) is 4.90 Å². The van der Waals surface area contributed by atoms with Crippen LogP contribution in [0.5, 0.6) is 0 Å². The molecule has 0 saturated carbocycles. The first kappa shape index (κ1) is 26.6. The highest BCUT2D eigenvalue weighted by atomic mass is 32.1. The average Bonchev–Trinajstić information content (AvgIpc) is 3.54. The smallest absolute Gasteiger partial charge is 0.187 e.